The highest BCUT2D eigenvalue weighted by atomic mass is 32.1. The van der Waals surface area contributed by atoms with E-state index in [1.54, 1.807) is 6.20 Å². The van der Waals surface area contributed by atoms with Gasteiger partial charge in [-0.15, -0.1) is 0 Å². The Bertz CT molecular complexity index is 604. The fourth-order valence-electron chi connectivity index (χ4n) is 3.23. The van der Waals surface area contributed by atoms with Gasteiger partial charge < -0.3 is 10.6 Å². The number of nitrogen functional groups attached to an aromatic ring is 1. The van der Waals surface area contributed by atoms with Crippen LogP contribution in [0.1, 0.15) is 33.1 Å². The first-order valence-corrected chi connectivity index (χ1v) is 8.37. The normalized spacial score (nSPS) is 17.3. The van der Waals surface area contributed by atoms with E-state index < -0.39 is 0 Å². The molecular weight excluding hydrogens is 280 g/mol. The first-order chi connectivity index (χ1) is 10.2. The molecule has 2 aromatic heterocycles. The third-order valence-electron chi connectivity index (χ3n) is 4.88. The Hall–Kier alpha value is -1.62. The van der Waals surface area contributed by atoms with Crippen LogP contribution < -0.4 is 10.6 Å². The highest BCUT2D eigenvalue weighted by Crippen LogP contribution is 2.45. The van der Waals surface area contributed by atoms with Gasteiger partial charge in [-0.1, -0.05) is 19.9 Å². The largest absolute Gasteiger partial charge is 0.382 e. The van der Waals surface area contributed by atoms with E-state index in [0.717, 1.165) is 24.2 Å². The molecule has 1 saturated heterocycles. The van der Waals surface area contributed by atoms with Crippen LogP contribution in [0.4, 0.5) is 10.8 Å². The first-order valence-electron chi connectivity index (χ1n) is 7.59. The van der Waals surface area contributed by atoms with Crippen LogP contribution in [0, 0.1) is 5.41 Å². The van der Waals surface area contributed by atoms with Crippen molar-refractivity contribution in [3.05, 3.63) is 24.5 Å². The van der Waals surface area contributed by atoms with Gasteiger partial charge in [-0.3, -0.25) is 4.98 Å². The number of rotatable bonds is 4. The lowest BCUT2D eigenvalue weighted by atomic mass is 9.82. The van der Waals surface area contributed by atoms with Gasteiger partial charge in [0, 0.05) is 31.0 Å². The van der Waals surface area contributed by atoms with Crippen LogP contribution in [-0.2, 0) is 0 Å². The molecular formula is C16H22N4S. The minimum Gasteiger partial charge on any atom is -0.382 e. The molecule has 21 heavy (non-hydrogen) atoms. The molecule has 2 aromatic rings. The molecule has 3 heterocycles. The molecule has 0 spiro atoms. The lowest BCUT2D eigenvalue weighted by Gasteiger charge is -2.26. The molecule has 0 aliphatic carbocycles. The van der Waals surface area contributed by atoms with Gasteiger partial charge in [-0.05, 0) is 42.3 Å². The average Bonchev–Trinajstić information content (AvgIpc) is 3.12. The molecule has 0 radical (unpaired) electrons. The van der Waals surface area contributed by atoms with E-state index in [4.69, 9.17) is 5.73 Å². The summed E-state index contributed by atoms with van der Waals surface area (Å²) in [5.74, 6) is 0.619. The number of nitrogens with two attached hydrogens (primary N) is 1. The summed E-state index contributed by atoms with van der Waals surface area (Å²) in [4.78, 5) is 6.67. The Morgan fingerprint density at radius 3 is 2.81 bits per heavy atom. The zero-order valence-corrected chi connectivity index (χ0v) is 13.5. The van der Waals surface area contributed by atoms with Crippen molar-refractivity contribution in [1.29, 1.82) is 0 Å². The maximum absolute atomic E-state index is 6.12. The van der Waals surface area contributed by atoms with Crippen LogP contribution in [-0.4, -0.2) is 22.4 Å². The van der Waals surface area contributed by atoms with Gasteiger partial charge in [0.2, 0.25) is 0 Å². The molecule has 1 fully saturated rings. The molecule has 1 aliphatic heterocycles. The SMILES string of the molecule is CCC1(CC)CCN(c2snc(N)c2-c2cccnc2)C1. The fourth-order valence-corrected chi connectivity index (χ4v) is 4.09. The van der Waals surface area contributed by atoms with Crippen molar-refractivity contribution in [1.82, 2.24) is 9.36 Å². The van der Waals surface area contributed by atoms with Gasteiger partial charge in [0.15, 0.2) is 0 Å². The van der Waals surface area contributed by atoms with E-state index in [0.29, 0.717) is 11.2 Å². The molecule has 5 heteroatoms. The van der Waals surface area contributed by atoms with Crippen LogP contribution in [0.25, 0.3) is 11.1 Å². The number of hydrogen-bond donors (Lipinski definition) is 1. The lowest BCUT2D eigenvalue weighted by molar-refractivity contribution is 0.301. The molecule has 3 rings (SSSR count). The second-order valence-electron chi connectivity index (χ2n) is 5.87. The zero-order chi connectivity index (χ0) is 14.9. The van der Waals surface area contributed by atoms with Gasteiger partial charge in [0.05, 0.1) is 5.56 Å². The number of anilines is 2. The maximum atomic E-state index is 6.12. The monoisotopic (exact) mass is 302 g/mol. The third kappa shape index (κ3) is 2.50. The summed E-state index contributed by atoms with van der Waals surface area (Å²) in [6.07, 6.45) is 7.37. The molecule has 0 atom stereocenters. The minimum atomic E-state index is 0.449. The van der Waals surface area contributed by atoms with Crippen LogP contribution in [0.5, 0.6) is 0 Å². The smallest absolute Gasteiger partial charge is 0.147 e. The number of aromatic nitrogens is 2. The Balaban J connectivity index is 1.95. The van der Waals surface area contributed by atoms with Crippen molar-refractivity contribution in [2.24, 2.45) is 5.41 Å². The quantitative estimate of drug-likeness (QED) is 0.933. The van der Waals surface area contributed by atoms with Gasteiger partial charge in [-0.25, -0.2) is 0 Å². The summed E-state index contributed by atoms with van der Waals surface area (Å²) < 4.78 is 4.39. The van der Waals surface area contributed by atoms with E-state index in [2.05, 4.69) is 34.2 Å². The Morgan fingerprint density at radius 2 is 2.19 bits per heavy atom. The molecule has 2 N–H and O–H groups in total. The molecule has 0 bridgehead atoms. The van der Waals surface area contributed by atoms with Crippen molar-refractivity contribution < 1.29 is 0 Å². The second kappa shape index (κ2) is 5.64. The standard InChI is InChI=1S/C16H22N4S/c1-3-16(4-2)7-9-20(11-16)15-13(14(17)19-21-15)12-6-5-8-18-10-12/h5-6,8,10H,3-4,7,9,11H2,1-2H3,(H2,17,19). The molecule has 0 aromatic carbocycles. The maximum Gasteiger partial charge on any atom is 0.147 e. The molecule has 4 nitrogen and oxygen atoms in total. The van der Waals surface area contributed by atoms with Gasteiger partial charge in [0.1, 0.15) is 10.8 Å². The molecule has 1 aliphatic rings. The Labute approximate surface area is 130 Å². The van der Waals surface area contributed by atoms with Crippen molar-refractivity contribution >= 4 is 22.4 Å². The summed E-state index contributed by atoms with van der Waals surface area (Å²) >= 11 is 1.51. The predicted molar refractivity (Wildman–Crippen MR) is 89.6 cm³/mol. The second-order valence-corrected chi connectivity index (χ2v) is 6.62. The summed E-state index contributed by atoms with van der Waals surface area (Å²) in [6, 6.07) is 4.00. The van der Waals surface area contributed by atoms with Gasteiger partial charge in [-0.2, -0.15) is 4.37 Å². The van der Waals surface area contributed by atoms with Gasteiger partial charge >= 0.3 is 0 Å². The van der Waals surface area contributed by atoms with Gasteiger partial charge in [0.25, 0.3) is 0 Å². The first kappa shape index (κ1) is 14.3. The highest BCUT2D eigenvalue weighted by Gasteiger charge is 2.36. The zero-order valence-electron chi connectivity index (χ0n) is 12.7. The highest BCUT2D eigenvalue weighted by molar-refractivity contribution is 7.11. The molecule has 112 valence electrons. The summed E-state index contributed by atoms with van der Waals surface area (Å²) in [6.45, 7) is 6.80. The predicted octanol–water partition coefficient (Wildman–Crippen LogP) is 3.80. The summed E-state index contributed by atoms with van der Waals surface area (Å²) in [7, 11) is 0. The van der Waals surface area contributed by atoms with Crippen LogP contribution >= 0.6 is 11.5 Å². The number of hydrogen-bond acceptors (Lipinski definition) is 5. The molecule has 0 saturated carbocycles. The Morgan fingerprint density at radius 1 is 1.38 bits per heavy atom. The fraction of sp³-hybridized carbons (Fsp3) is 0.500. The van der Waals surface area contributed by atoms with Crippen LogP contribution in [0.15, 0.2) is 24.5 Å². The molecule has 0 unspecified atom stereocenters. The van der Waals surface area contributed by atoms with Crippen LogP contribution in [0.2, 0.25) is 0 Å². The van der Waals surface area contributed by atoms with E-state index >= 15 is 0 Å². The topological polar surface area (TPSA) is 55.0 Å². The van der Waals surface area contributed by atoms with E-state index in [1.165, 1.54) is 35.8 Å². The van der Waals surface area contributed by atoms with E-state index in [-0.39, 0.29) is 0 Å². The Kier molecular flexibility index (Phi) is 3.85. The van der Waals surface area contributed by atoms with E-state index in [1.807, 2.05) is 12.3 Å². The van der Waals surface area contributed by atoms with Crippen LogP contribution in [0.3, 0.4) is 0 Å². The summed E-state index contributed by atoms with van der Waals surface area (Å²) in [5, 5.41) is 1.20. The van der Waals surface area contributed by atoms with Crippen molar-refractivity contribution in [2.75, 3.05) is 23.7 Å². The van der Waals surface area contributed by atoms with E-state index in [9.17, 15) is 0 Å². The molecule has 0 amide bonds. The lowest BCUT2D eigenvalue weighted by Crippen LogP contribution is -2.25. The van der Waals surface area contributed by atoms with Crippen molar-refractivity contribution in [2.45, 2.75) is 33.1 Å². The summed E-state index contributed by atoms with van der Waals surface area (Å²) in [5.41, 5.74) is 8.68. The van der Waals surface area contributed by atoms with Crippen molar-refractivity contribution in [3.63, 3.8) is 0 Å². The third-order valence-corrected chi connectivity index (χ3v) is 5.80. The minimum absolute atomic E-state index is 0.449. The van der Waals surface area contributed by atoms with Crippen molar-refractivity contribution in [3.8, 4) is 11.1 Å². The average molecular weight is 302 g/mol. The number of pyridine rings is 1. The number of nitrogens with zero attached hydrogens (tertiary/aromatic N) is 3.